The Kier molecular flexibility index (Phi) is 4.53. The number of halogens is 1. The molecule has 4 nitrogen and oxygen atoms in total. The molecule has 0 saturated carbocycles. The van der Waals surface area contributed by atoms with Gasteiger partial charge in [0.1, 0.15) is 5.82 Å². The quantitative estimate of drug-likeness (QED) is 0.912. The Morgan fingerprint density at radius 2 is 1.95 bits per heavy atom. The van der Waals surface area contributed by atoms with Crippen LogP contribution in [0.25, 0.3) is 0 Å². The SMILES string of the molecule is COc1ccc(CC(O)c2ccncc2F)cc1OC. The molecule has 20 heavy (non-hydrogen) atoms. The first-order chi connectivity index (χ1) is 9.65. The summed E-state index contributed by atoms with van der Waals surface area (Å²) in [6.07, 6.45) is 1.89. The van der Waals surface area contributed by atoms with E-state index in [4.69, 9.17) is 9.47 Å². The Bertz CT molecular complexity index is 589. The molecule has 0 saturated heterocycles. The average molecular weight is 277 g/mol. The molecular formula is C15H16FNO3. The lowest BCUT2D eigenvalue weighted by atomic mass is 10.0. The molecule has 1 heterocycles. The van der Waals surface area contributed by atoms with Gasteiger partial charge in [-0.25, -0.2) is 4.39 Å². The maximum atomic E-state index is 13.5. The van der Waals surface area contributed by atoms with Crippen molar-refractivity contribution in [1.29, 1.82) is 0 Å². The molecule has 0 aliphatic heterocycles. The molecule has 1 unspecified atom stereocenters. The molecular weight excluding hydrogens is 261 g/mol. The normalized spacial score (nSPS) is 12.0. The van der Waals surface area contributed by atoms with Gasteiger partial charge in [-0.3, -0.25) is 4.98 Å². The lowest BCUT2D eigenvalue weighted by Crippen LogP contribution is -2.05. The number of aliphatic hydroxyl groups excluding tert-OH is 1. The third kappa shape index (κ3) is 3.05. The summed E-state index contributed by atoms with van der Waals surface area (Å²) >= 11 is 0. The minimum absolute atomic E-state index is 0.231. The van der Waals surface area contributed by atoms with Crippen molar-refractivity contribution in [3.8, 4) is 11.5 Å². The van der Waals surface area contributed by atoms with Gasteiger partial charge in [-0.2, -0.15) is 0 Å². The van der Waals surface area contributed by atoms with Gasteiger partial charge >= 0.3 is 0 Å². The van der Waals surface area contributed by atoms with Crippen LogP contribution in [0.5, 0.6) is 11.5 Å². The highest BCUT2D eigenvalue weighted by Gasteiger charge is 2.14. The molecule has 0 bridgehead atoms. The van der Waals surface area contributed by atoms with Gasteiger partial charge in [0.2, 0.25) is 0 Å². The summed E-state index contributed by atoms with van der Waals surface area (Å²) in [4.78, 5) is 3.66. The van der Waals surface area contributed by atoms with E-state index in [1.165, 1.54) is 12.3 Å². The Balaban J connectivity index is 2.20. The molecule has 1 N–H and O–H groups in total. The van der Waals surface area contributed by atoms with Crippen LogP contribution in [-0.4, -0.2) is 24.3 Å². The molecule has 0 radical (unpaired) electrons. The lowest BCUT2D eigenvalue weighted by molar-refractivity contribution is 0.173. The van der Waals surface area contributed by atoms with Gasteiger partial charge in [-0.15, -0.1) is 0 Å². The van der Waals surface area contributed by atoms with Crippen LogP contribution in [0.4, 0.5) is 4.39 Å². The third-order valence-electron chi connectivity index (χ3n) is 3.04. The maximum absolute atomic E-state index is 13.5. The number of methoxy groups -OCH3 is 2. The summed E-state index contributed by atoms with van der Waals surface area (Å²) in [5.41, 5.74) is 1.06. The van der Waals surface area contributed by atoms with Gasteiger partial charge in [-0.05, 0) is 23.8 Å². The zero-order valence-corrected chi connectivity index (χ0v) is 11.3. The van der Waals surface area contributed by atoms with Crippen LogP contribution in [0.1, 0.15) is 17.2 Å². The van der Waals surface area contributed by atoms with Crippen LogP contribution < -0.4 is 9.47 Å². The van der Waals surface area contributed by atoms with Gasteiger partial charge < -0.3 is 14.6 Å². The Hall–Kier alpha value is -2.14. The zero-order valence-electron chi connectivity index (χ0n) is 11.3. The molecule has 0 fully saturated rings. The summed E-state index contributed by atoms with van der Waals surface area (Å²) in [6, 6.07) is 6.80. The highest BCUT2D eigenvalue weighted by Crippen LogP contribution is 2.29. The fourth-order valence-corrected chi connectivity index (χ4v) is 2.00. The van der Waals surface area contributed by atoms with Crippen molar-refractivity contribution in [3.63, 3.8) is 0 Å². The van der Waals surface area contributed by atoms with Crippen molar-refractivity contribution >= 4 is 0 Å². The highest BCUT2D eigenvalue weighted by molar-refractivity contribution is 5.43. The van der Waals surface area contributed by atoms with E-state index in [-0.39, 0.29) is 12.0 Å². The molecule has 2 aromatic rings. The Labute approximate surface area is 116 Å². The van der Waals surface area contributed by atoms with Crippen LogP contribution in [0, 0.1) is 5.82 Å². The Morgan fingerprint density at radius 1 is 1.20 bits per heavy atom. The summed E-state index contributed by atoms with van der Waals surface area (Å²) in [7, 11) is 3.10. The van der Waals surface area contributed by atoms with Crippen molar-refractivity contribution in [1.82, 2.24) is 4.98 Å². The fourth-order valence-electron chi connectivity index (χ4n) is 2.00. The van der Waals surface area contributed by atoms with E-state index < -0.39 is 11.9 Å². The minimum Gasteiger partial charge on any atom is -0.493 e. The number of aliphatic hydroxyl groups is 1. The molecule has 1 aromatic carbocycles. The number of pyridine rings is 1. The first-order valence-electron chi connectivity index (χ1n) is 6.14. The molecule has 0 aliphatic carbocycles. The van der Waals surface area contributed by atoms with Gasteiger partial charge in [0.05, 0.1) is 26.5 Å². The van der Waals surface area contributed by atoms with E-state index in [0.717, 1.165) is 11.8 Å². The van der Waals surface area contributed by atoms with Crippen molar-refractivity contribution in [3.05, 3.63) is 53.6 Å². The second-order valence-electron chi connectivity index (χ2n) is 4.31. The van der Waals surface area contributed by atoms with Gasteiger partial charge in [-0.1, -0.05) is 6.07 Å². The van der Waals surface area contributed by atoms with Crippen molar-refractivity contribution in [2.45, 2.75) is 12.5 Å². The summed E-state index contributed by atoms with van der Waals surface area (Å²) in [6.45, 7) is 0. The fraction of sp³-hybridized carbons (Fsp3) is 0.267. The Morgan fingerprint density at radius 3 is 2.60 bits per heavy atom. The van der Waals surface area contributed by atoms with Crippen LogP contribution in [-0.2, 0) is 6.42 Å². The second-order valence-corrected chi connectivity index (χ2v) is 4.31. The van der Waals surface area contributed by atoms with Gasteiger partial charge in [0.25, 0.3) is 0 Å². The van der Waals surface area contributed by atoms with E-state index in [2.05, 4.69) is 4.98 Å². The predicted octanol–water partition coefficient (Wildman–Crippen LogP) is 2.51. The van der Waals surface area contributed by atoms with Crippen LogP contribution in [0.2, 0.25) is 0 Å². The molecule has 1 aromatic heterocycles. The predicted molar refractivity (Wildman–Crippen MR) is 72.4 cm³/mol. The summed E-state index contributed by atoms with van der Waals surface area (Å²) in [5, 5.41) is 10.1. The van der Waals surface area contributed by atoms with Crippen LogP contribution >= 0.6 is 0 Å². The van der Waals surface area contributed by atoms with Crippen molar-refractivity contribution < 1.29 is 19.0 Å². The number of hydrogen-bond acceptors (Lipinski definition) is 4. The monoisotopic (exact) mass is 277 g/mol. The molecule has 5 heteroatoms. The summed E-state index contributed by atoms with van der Waals surface area (Å²) in [5.74, 6) is 0.675. The number of ether oxygens (including phenoxy) is 2. The molecule has 0 amide bonds. The van der Waals surface area contributed by atoms with E-state index in [9.17, 15) is 9.50 Å². The van der Waals surface area contributed by atoms with Crippen molar-refractivity contribution in [2.75, 3.05) is 14.2 Å². The van der Waals surface area contributed by atoms with E-state index in [1.54, 1.807) is 26.4 Å². The van der Waals surface area contributed by atoms with Crippen molar-refractivity contribution in [2.24, 2.45) is 0 Å². The first-order valence-corrected chi connectivity index (χ1v) is 6.14. The number of aromatic nitrogens is 1. The third-order valence-corrected chi connectivity index (χ3v) is 3.04. The smallest absolute Gasteiger partial charge is 0.160 e. The standard InChI is InChI=1S/C15H16FNO3/c1-19-14-4-3-10(8-15(14)20-2)7-13(18)11-5-6-17-9-12(11)16/h3-6,8-9,13,18H,7H2,1-2H3. The minimum atomic E-state index is -0.934. The zero-order chi connectivity index (χ0) is 14.5. The highest BCUT2D eigenvalue weighted by atomic mass is 19.1. The molecule has 0 spiro atoms. The summed E-state index contributed by atoms with van der Waals surface area (Å²) < 4.78 is 23.9. The molecule has 1 atom stereocenters. The largest absolute Gasteiger partial charge is 0.493 e. The molecule has 2 rings (SSSR count). The van der Waals surface area contributed by atoms with Gasteiger partial charge in [0.15, 0.2) is 11.5 Å². The average Bonchev–Trinajstić information content (AvgIpc) is 2.47. The van der Waals surface area contributed by atoms with Gasteiger partial charge in [0, 0.05) is 18.2 Å². The molecule has 106 valence electrons. The molecule has 0 aliphatic rings. The number of rotatable bonds is 5. The number of nitrogens with zero attached hydrogens (tertiary/aromatic N) is 1. The van der Waals surface area contributed by atoms with E-state index in [0.29, 0.717) is 11.5 Å². The van der Waals surface area contributed by atoms with E-state index in [1.807, 2.05) is 6.07 Å². The first kappa shape index (κ1) is 14.3. The van der Waals surface area contributed by atoms with E-state index >= 15 is 0 Å². The second kappa shape index (κ2) is 6.34. The van der Waals surface area contributed by atoms with Crippen LogP contribution in [0.15, 0.2) is 36.7 Å². The van der Waals surface area contributed by atoms with Crippen LogP contribution in [0.3, 0.4) is 0 Å². The number of hydrogen-bond donors (Lipinski definition) is 1. The number of benzene rings is 1. The topological polar surface area (TPSA) is 51.6 Å². The maximum Gasteiger partial charge on any atom is 0.160 e. The lowest BCUT2D eigenvalue weighted by Gasteiger charge is -2.13.